The molecule has 55 heavy (non-hydrogen) atoms. The number of fused-ring (bicyclic) bond motifs is 1. The van der Waals surface area contributed by atoms with Gasteiger partial charge in [-0.2, -0.15) is 25.9 Å². The Morgan fingerprint density at radius 1 is 0.873 bits per heavy atom. The van der Waals surface area contributed by atoms with Gasteiger partial charge < -0.3 is 15.1 Å². The molecule has 0 aromatic heterocycles. The zero-order chi connectivity index (χ0) is 39.4. The predicted octanol–water partition coefficient (Wildman–Crippen LogP) is 4.08. The van der Waals surface area contributed by atoms with Gasteiger partial charge in [-0.25, -0.2) is 0 Å². The molecule has 0 radical (unpaired) electrons. The van der Waals surface area contributed by atoms with E-state index in [-0.39, 0.29) is 70.0 Å². The Labute approximate surface area is 322 Å². The summed E-state index contributed by atoms with van der Waals surface area (Å²) in [6.45, 7) is 3.21. The number of nitrogens with one attached hydrogen (secondary N) is 3. The molecule has 1 atom stereocenters. The van der Waals surface area contributed by atoms with Crippen LogP contribution >= 0.6 is 23.2 Å². The van der Waals surface area contributed by atoms with Crippen LogP contribution in [0.1, 0.15) is 49.5 Å². The quantitative estimate of drug-likeness (QED) is 0.270. The second kappa shape index (κ2) is 14.7. The third-order valence-corrected chi connectivity index (χ3v) is 12.0. The van der Waals surface area contributed by atoms with Crippen molar-refractivity contribution in [1.82, 2.24) is 19.4 Å². The van der Waals surface area contributed by atoms with Gasteiger partial charge in [0.1, 0.15) is 6.04 Å². The molecule has 4 aliphatic heterocycles. The number of anilines is 3. The van der Waals surface area contributed by atoms with Gasteiger partial charge in [0.05, 0.1) is 38.7 Å². The summed E-state index contributed by atoms with van der Waals surface area (Å²) in [7, 11) is -4.14. The third-order valence-electron chi connectivity index (χ3n) is 9.94. The number of benzene rings is 3. The Hall–Kier alpha value is -4.75. The predicted molar refractivity (Wildman–Crippen MR) is 195 cm³/mol. The summed E-state index contributed by atoms with van der Waals surface area (Å²) in [5, 5.41) is 4.35. The molecule has 3 saturated heterocycles. The number of amides is 5. The molecule has 4 heterocycles. The van der Waals surface area contributed by atoms with E-state index < -0.39 is 57.5 Å². The molecule has 1 unspecified atom stereocenters. The maximum absolute atomic E-state index is 13.4. The summed E-state index contributed by atoms with van der Waals surface area (Å²) >= 11 is 12.1. The standard InChI is InChI=1S/C35H32Cl2F3N7O7S/c36-21-2-6-27(25(14-21)31(49)41-28-5-1-20(13-26(28)37)35(38,39)40)43-55(53,54)46-11-9-44(10-12-46)16-19-17-45(18-19)22-3-4-23-24(15-22)34(52)47(33(23)51)29-7-8-30(48)42-32(29)50/h1-6,13-15,19,29,43H,7-12,16-18H2,(H,41,49)(H,42,48,50). The van der Waals surface area contributed by atoms with E-state index in [4.69, 9.17) is 23.2 Å². The van der Waals surface area contributed by atoms with E-state index in [9.17, 15) is 45.6 Å². The fraction of sp³-hybridized carbons (Fsp3) is 0.343. The number of imide groups is 2. The number of piperidine rings is 1. The molecule has 0 spiro atoms. The summed E-state index contributed by atoms with van der Waals surface area (Å²) < 4.78 is 69.7. The molecule has 3 fully saturated rings. The first-order chi connectivity index (χ1) is 26.0. The molecular weight excluding hydrogens is 790 g/mol. The van der Waals surface area contributed by atoms with Crippen molar-refractivity contribution in [3.63, 3.8) is 0 Å². The first kappa shape index (κ1) is 38.5. The molecule has 3 aromatic rings. The minimum atomic E-state index is -4.64. The highest BCUT2D eigenvalue weighted by molar-refractivity contribution is 7.90. The van der Waals surface area contributed by atoms with Crippen LogP contribution in [-0.2, 0) is 26.0 Å². The van der Waals surface area contributed by atoms with Gasteiger partial charge >= 0.3 is 16.4 Å². The van der Waals surface area contributed by atoms with E-state index >= 15 is 0 Å². The van der Waals surface area contributed by atoms with Crippen molar-refractivity contribution >= 4 is 80.0 Å². The van der Waals surface area contributed by atoms with Crippen LogP contribution in [-0.4, -0.2) is 104 Å². The second-order valence-electron chi connectivity index (χ2n) is 13.6. The van der Waals surface area contributed by atoms with Crippen LogP contribution < -0.4 is 20.3 Å². The van der Waals surface area contributed by atoms with Crippen LogP contribution in [0, 0.1) is 5.92 Å². The Morgan fingerprint density at radius 3 is 2.24 bits per heavy atom. The van der Waals surface area contributed by atoms with Crippen molar-refractivity contribution in [2.45, 2.75) is 25.1 Å². The highest BCUT2D eigenvalue weighted by Crippen LogP contribution is 2.36. The molecule has 5 amide bonds. The third kappa shape index (κ3) is 7.86. The van der Waals surface area contributed by atoms with Crippen LogP contribution in [0.2, 0.25) is 10.0 Å². The van der Waals surface area contributed by atoms with Crippen LogP contribution in [0.3, 0.4) is 0 Å². The summed E-state index contributed by atoms with van der Waals surface area (Å²) in [4.78, 5) is 68.5. The number of rotatable bonds is 9. The second-order valence-corrected chi connectivity index (χ2v) is 16.1. The SMILES string of the molecule is O=C1CCC(N2C(=O)c3ccc(N4CC(CN5CCN(S(=O)(=O)Nc6ccc(Cl)cc6C(=O)Nc6ccc(C(F)(F)F)cc6Cl)CC5)C4)cc3C2=O)C(=O)N1. The van der Waals surface area contributed by atoms with E-state index in [0.717, 1.165) is 22.7 Å². The number of halogens is 5. The topological polar surface area (TPSA) is 169 Å². The van der Waals surface area contributed by atoms with Crippen LogP contribution in [0.5, 0.6) is 0 Å². The molecule has 3 N–H and O–H groups in total. The molecule has 4 aliphatic rings. The van der Waals surface area contributed by atoms with Gasteiger partial charge in [0.2, 0.25) is 11.8 Å². The van der Waals surface area contributed by atoms with Crippen molar-refractivity contribution in [3.05, 3.63) is 86.9 Å². The lowest BCUT2D eigenvalue weighted by atomic mass is 9.97. The van der Waals surface area contributed by atoms with Crippen LogP contribution in [0.15, 0.2) is 54.6 Å². The minimum Gasteiger partial charge on any atom is -0.371 e. The lowest BCUT2D eigenvalue weighted by Crippen LogP contribution is -2.56. The lowest BCUT2D eigenvalue weighted by molar-refractivity contribution is -0.138. The summed E-state index contributed by atoms with van der Waals surface area (Å²) in [5.74, 6) is -2.86. The molecule has 290 valence electrons. The van der Waals surface area contributed by atoms with E-state index in [2.05, 4.69) is 25.2 Å². The number of carbonyl (C=O) groups is 5. The van der Waals surface area contributed by atoms with Crippen molar-refractivity contribution in [2.24, 2.45) is 5.92 Å². The van der Waals surface area contributed by atoms with Gasteiger partial charge in [0.25, 0.3) is 17.7 Å². The number of carbonyl (C=O) groups excluding carboxylic acids is 5. The van der Waals surface area contributed by atoms with E-state index in [1.165, 1.54) is 22.5 Å². The fourth-order valence-corrected chi connectivity index (χ4v) is 8.68. The van der Waals surface area contributed by atoms with E-state index in [1.807, 2.05) is 0 Å². The van der Waals surface area contributed by atoms with Crippen molar-refractivity contribution in [3.8, 4) is 0 Å². The van der Waals surface area contributed by atoms with Gasteiger partial charge in [-0.15, -0.1) is 0 Å². The molecule has 0 saturated carbocycles. The molecule has 3 aromatic carbocycles. The number of hydrogen-bond donors (Lipinski definition) is 3. The van der Waals surface area contributed by atoms with Gasteiger partial charge in [-0.05, 0) is 61.0 Å². The normalized spacial score (nSPS) is 20.0. The summed E-state index contributed by atoms with van der Waals surface area (Å²) in [6, 6.07) is 10.3. The fourth-order valence-electron chi connectivity index (χ4n) is 7.05. The van der Waals surface area contributed by atoms with Gasteiger partial charge in [-0.3, -0.25) is 38.9 Å². The highest BCUT2D eigenvalue weighted by atomic mass is 35.5. The zero-order valence-corrected chi connectivity index (χ0v) is 31.0. The van der Waals surface area contributed by atoms with E-state index in [1.54, 1.807) is 18.2 Å². The van der Waals surface area contributed by atoms with Gasteiger partial charge in [0.15, 0.2) is 0 Å². The summed E-state index contributed by atoms with van der Waals surface area (Å²) in [6.07, 6.45) is -4.53. The number of piperazine rings is 1. The van der Waals surface area contributed by atoms with Crippen molar-refractivity contribution in [2.75, 3.05) is 60.8 Å². The van der Waals surface area contributed by atoms with Gasteiger partial charge in [0, 0.05) is 68.9 Å². The first-order valence-electron chi connectivity index (χ1n) is 17.1. The van der Waals surface area contributed by atoms with Crippen molar-refractivity contribution in [1.29, 1.82) is 0 Å². The van der Waals surface area contributed by atoms with Crippen LogP contribution in [0.4, 0.5) is 30.2 Å². The maximum Gasteiger partial charge on any atom is 0.416 e. The largest absolute Gasteiger partial charge is 0.416 e. The molecular formula is C35H32Cl2F3N7O7S. The molecule has 14 nitrogen and oxygen atoms in total. The monoisotopic (exact) mass is 821 g/mol. The molecule has 0 aliphatic carbocycles. The minimum absolute atomic E-state index is 0.0338. The Balaban J connectivity index is 0.916. The lowest BCUT2D eigenvalue weighted by Gasteiger charge is -2.44. The highest BCUT2D eigenvalue weighted by Gasteiger charge is 2.45. The number of hydrogen-bond acceptors (Lipinski definition) is 9. The number of alkyl halides is 3. The molecule has 20 heteroatoms. The summed E-state index contributed by atoms with van der Waals surface area (Å²) in [5.41, 5.74) is -0.225. The zero-order valence-electron chi connectivity index (χ0n) is 28.7. The number of nitrogens with zero attached hydrogens (tertiary/aromatic N) is 4. The Morgan fingerprint density at radius 2 is 1.56 bits per heavy atom. The smallest absolute Gasteiger partial charge is 0.371 e. The van der Waals surface area contributed by atoms with Crippen LogP contribution in [0.25, 0.3) is 0 Å². The van der Waals surface area contributed by atoms with Crippen molar-refractivity contribution < 1.29 is 45.6 Å². The average Bonchev–Trinajstić information content (AvgIpc) is 3.35. The Bertz CT molecular complexity index is 2230. The van der Waals surface area contributed by atoms with Gasteiger partial charge in [-0.1, -0.05) is 23.2 Å². The first-order valence-corrected chi connectivity index (χ1v) is 19.3. The molecule has 7 rings (SSSR count). The molecule has 0 bridgehead atoms. The Kier molecular flexibility index (Phi) is 10.3. The maximum atomic E-state index is 13.4. The van der Waals surface area contributed by atoms with E-state index in [0.29, 0.717) is 38.8 Å². The average molecular weight is 823 g/mol.